The van der Waals surface area contributed by atoms with Crippen molar-refractivity contribution >= 4 is 0 Å². The fraction of sp³-hybridized carbons (Fsp3) is 1.00. The largest absolute Gasteiger partial charge is 0.330 e. The zero-order valence-electron chi connectivity index (χ0n) is 12.7. The lowest BCUT2D eigenvalue weighted by Crippen LogP contribution is -2.38. The van der Waals surface area contributed by atoms with Crippen LogP contribution in [0.15, 0.2) is 0 Å². The Morgan fingerprint density at radius 3 is 2.06 bits per heavy atom. The summed E-state index contributed by atoms with van der Waals surface area (Å²) in [6.45, 7) is 14.8. The molecule has 0 aliphatic carbocycles. The first-order valence-corrected chi connectivity index (χ1v) is 7.49. The maximum Gasteiger partial charge on any atom is 0.00901 e. The van der Waals surface area contributed by atoms with Gasteiger partial charge in [0.25, 0.3) is 0 Å². The van der Waals surface area contributed by atoms with Crippen LogP contribution in [0.4, 0.5) is 0 Å². The molecule has 0 amide bonds. The van der Waals surface area contributed by atoms with Crippen molar-refractivity contribution in [3.63, 3.8) is 0 Å². The van der Waals surface area contributed by atoms with E-state index in [4.69, 9.17) is 5.73 Å². The quantitative estimate of drug-likeness (QED) is 0.635. The van der Waals surface area contributed by atoms with Crippen molar-refractivity contribution in [3.05, 3.63) is 0 Å². The van der Waals surface area contributed by atoms with Gasteiger partial charge in [0.1, 0.15) is 0 Å². The van der Waals surface area contributed by atoms with Crippen molar-refractivity contribution in [1.82, 2.24) is 4.90 Å². The molecule has 0 aromatic rings. The Kier molecular flexibility index (Phi) is 9.85. The summed E-state index contributed by atoms with van der Waals surface area (Å²) >= 11 is 0. The molecule has 0 radical (unpaired) electrons. The first-order valence-electron chi connectivity index (χ1n) is 7.49. The molecule has 0 saturated heterocycles. The third kappa shape index (κ3) is 7.77. The summed E-state index contributed by atoms with van der Waals surface area (Å²) in [5.41, 5.74) is 5.67. The standard InChI is InChI=1S/C15H34N2/c1-6-15(7-2)17(12-13(3)4)10-8-9-14(5)11-16/h13-15H,6-12,16H2,1-5H3. The highest BCUT2D eigenvalue weighted by molar-refractivity contribution is 4.71. The topological polar surface area (TPSA) is 29.3 Å². The van der Waals surface area contributed by atoms with Gasteiger partial charge in [0.15, 0.2) is 0 Å². The van der Waals surface area contributed by atoms with E-state index >= 15 is 0 Å². The highest BCUT2D eigenvalue weighted by Crippen LogP contribution is 2.14. The lowest BCUT2D eigenvalue weighted by molar-refractivity contribution is 0.160. The summed E-state index contributed by atoms with van der Waals surface area (Å²) in [7, 11) is 0. The van der Waals surface area contributed by atoms with Gasteiger partial charge in [0.05, 0.1) is 0 Å². The monoisotopic (exact) mass is 242 g/mol. The Morgan fingerprint density at radius 1 is 1.06 bits per heavy atom. The lowest BCUT2D eigenvalue weighted by Gasteiger charge is -2.32. The van der Waals surface area contributed by atoms with Crippen molar-refractivity contribution in [2.45, 2.75) is 66.3 Å². The van der Waals surface area contributed by atoms with Crippen LogP contribution in [-0.4, -0.2) is 30.6 Å². The normalized spacial score (nSPS) is 13.9. The van der Waals surface area contributed by atoms with E-state index in [9.17, 15) is 0 Å². The molecule has 1 atom stereocenters. The predicted octanol–water partition coefficient (Wildman–Crippen LogP) is 3.51. The average molecular weight is 242 g/mol. The first kappa shape index (κ1) is 16.9. The number of rotatable bonds is 10. The number of hydrogen-bond acceptors (Lipinski definition) is 2. The molecule has 0 aromatic heterocycles. The van der Waals surface area contributed by atoms with E-state index in [-0.39, 0.29) is 0 Å². The molecule has 0 aromatic carbocycles. The maximum atomic E-state index is 5.67. The second-order valence-corrected chi connectivity index (χ2v) is 5.84. The minimum atomic E-state index is 0.678. The van der Waals surface area contributed by atoms with Gasteiger partial charge in [-0.2, -0.15) is 0 Å². The Labute approximate surface area is 109 Å². The molecule has 0 rings (SSSR count). The Balaban J connectivity index is 4.09. The second kappa shape index (κ2) is 9.90. The molecule has 104 valence electrons. The van der Waals surface area contributed by atoms with Crippen molar-refractivity contribution in [1.29, 1.82) is 0 Å². The van der Waals surface area contributed by atoms with Gasteiger partial charge in [-0.05, 0) is 50.6 Å². The van der Waals surface area contributed by atoms with Crippen LogP contribution >= 0.6 is 0 Å². The Morgan fingerprint density at radius 2 is 1.65 bits per heavy atom. The van der Waals surface area contributed by atoms with Crippen molar-refractivity contribution in [2.24, 2.45) is 17.6 Å². The Bertz CT molecular complexity index is 164. The number of nitrogens with zero attached hydrogens (tertiary/aromatic N) is 1. The molecule has 0 aliphatic heterocycles. The third-order valence-corrected chi connectivity index (χ3v) is 3.60. The van der Waals surface area contributed by atoms with E-state index < -0.39 is 0 Å². The summed E-state index contributed by atoms with van der Waals surface area (Å²) < 4.78 is 0. The van der Waals surface area contributed by atoms with Gasteiger partial charge in [-0.15, -0.1) is 0 Å². The minimum absolute atomic E-state index is 0.678. The molecule has 2 nitrogen and oxygen atoms in total. The summed E-state index contributed by atoms with van der Waals surface area (Å²) in [5, 5.41) is 0. The van der Waals surface area contributed by atoms with Crippen molar-refractivity contribution in [2.75, 3.05) is 19.6 Å². The van der Waals surface area contributed by atoms with Gasteiger partial charge >= 0.3 is 0 Å². The summed E-state index contributed by atoms with van der Waals surface area (Å²) in [6, 6.07) is 0.769. The SMILES string of the molecule is CCC(CC)N(CCCC(C)CN)CC(C)C. The molecule has 1 unspecified atom stereocenters. The van der Waals surface area contributed by atoms with E-state index in [0.717, 1.165) is 18.5 Å². The van der Waals surface area contributed by atoms with E-state index in [2.05, 4.69) is 39.5 Å². The van der Waals surface area contributed by atoms with Crippen LogP contribution in [0.5, 0.6) is 0 Å². The van der Waals surface area contributed by atoms with Gasteiger partial charge < -0.3 is 10.6 Å². The van der Waals surface area contributed by atoms with Gasteiger partial charge in [-0.3, -0.25) is 0 Å². The molecular formula is C15H34N2. The third-order valence-electron chi connectivity index (χ3n) is 3.60. The fourth-order valence-corrected chi connectivity index (χ4v) is 2.46. The molecule has 0 heterocycles. The number of hydrogen-bond donors (Lipinski definition) is 1. The van der Waals surface area contributed by atoms with Crippen LogP contribution in [0.1, 0.15) is 60.3 Å². The van der Waals surface area contributed by atoms with Crippen molar-refractivity contribution in [3.8, 4) is 0 Å². The summed E-state index contributed by atoms with van der Waals surface area (Å²) in [4.78, 5) is 2.69. The highest BCUT2D eigenvalue weighted by Gasteiger charge is 2.15. The molecular weight excluding hydrogens is 208 g/mol. The maximum absolute atomic E-state index is 5.67. The second-order valence-electron chi connectivity index (χ2n) is 5.84. The van der Waals surface area contributed by atoms with Crippen LogP contribution < -0.4 is 5.73 Å². The van der Waals surface area contributed by atoms with Gasteiger partial charge in [-0.1, -0.05) is 34.6 Å². The highest BCUT2D eigenvalue weighted by atomic mass is 15.1. The van der Waals surface area contributed by atoms with Gasteiger partial charge in [0, 0.05) is 12.6 Å². The number of nitrogens with two attached hydrogens (primary N) is 1. The smallest absolute Gasteiger partial charge is 0.00901 e. The molecule has 0 saturated carbocycles. The summed E-state index contributed by atoms with van der Waals surface area (Å²) in [5.74, 6) is 1.44. The van der Waals surface area contributed by atoms with Crippen LogP contribution in [-0.2, 0) is 0 Å². The van der Waals surface area contributed by atoms with Crippen LogP contribution in [0.25, 0.3) is 0 Å². The molecule has 0 spiro atoms. The predicted molar refractivity (Wildman–Crippen MR) is 78.2 cm³/mol. The Hall–Kier alpha value is -0.0800. The zero-order chi connectivity index (χ0) is 13.3. The van der Waals surface area contributed by atoms with Crippen LogP contribution in [0, 0.1) is 11.8 Å². The van der Waals surface area contributed by atoms with E-state index in [1.807, 2.05) is 0 Å². The van der Waals surface area contributed by atoms with Crippen LogP contribution in [0.3, 0.4) is 0 Å². The fourth-order valence-electron chi connectivity index (χ4n) is 2.46. The van der Waals surface area contributed by atoms with Gasteiger partial charge in [-0.25, -0.2) is 0 Å². The molecule has 0 bridgehead atoms. The first-order chi connectivity index (χ1) is 8.04. The zero-order valence-corrected chi connectivity index (χ0v) is 12.7. The van der Waals surface area contributed by atoms with Crippen LogP contribution in [0.2, 0.25) is 0 Å². The minimum Gasteiger partial charge on any atom is -0.330 e. The van der Waals surface area contributed by atoms with Crippen molar-refractivity contribution < 1.29 is 0 Å². The average Bonchev–Trinajstić information content (AvgIpc) is 2.29. The van der Waals surface area contributed by atoms with E-state index in [1.54, 1.807) is 0 Å². The molecule has 17 heavy (non-hydrogen) atoms. The lowest BCUT2D eigenvalue weighted by atomic mass is 10.0. The molecule has 0 aliphatic rings. The van der Waals surface area contributed by atoms with E-state index in [0.29, 0.717) is 5.92 Å². The summed E-state index contributed by atoms with van der Waals surface area (Å²) in [6.07, 6.45) is 5.11. The van der Waals surface area contributed by atoms with Gasteiger partial charge in [0.2, 0.25) is 0 Å². The molecule has 2 heteroatoms. The molecule has 0 fully saturated rings. The van der Waals surface area contributed by atoms with E-state index in [1.165, 1.54) is 38.8 Å². The molecule has 2 N–H and O–H groups in total.